The van der Waals surface area contributed by atoms with Crippen LogP contribution >= 0.6 is 11.3 Å². The van der Waals surface area contributed by atoms with Gasteiger partial charge in [-0.1, -0.05) is 12.1 Å². The highest BCUT2D eigenvalue weighted by atomic mass is 32.2. The standard InChI is InChI=1S/C25H30N8O6S2/c1-30-5-4-19-20(14-30)40-24(29-19)25(37)33-7-6-31(13-18(33)9-21(34)28-10-22(35)36)41(38,39)32-11-16-3-2-15(23(26)27)8-17(16)12-32/h2-3,8,11-12,18H,4-7,9-10,13-14H2,1H3,(H3,26,27)(H,28,34)(H,35,36). The molecule has 5 rings (SSSR count). The number of carbonyl (C=O) groups excluding carboxylic acids is 2. The van der Waals surface area contributed by atoms with Crippen LogP contribution < -0.4 is 11.1 Å². The summed E-state index contributed by atoms with van der Waals surface area (Å²) in [5.41, 5.74) is 6.90. The molecule has 14 nitrogen and oxygen atoms in total. The Morgan fingerprint density at radius 3 is 2.68 bits per heavy atom. The van der Waals surface area contributed by atoms with Crippen molar-refractivity contribution in [3.05, 3.63) is 51.7 Å². The lowest BCUT2D eigenvalue weighted by Gasteiger charge is -2.40. The highest BCUT2D eigenvalue weighted by Crippen LogP contribution is 2.28. The van der Waals surface area contributed by atoms with Gasteiger partial charge < -0.3 is 26.0 Å². The molecule has 0 saturated carbocycles. The SMILES string of the molecule is CN1CCc2nc(C(=O)N3CCN(S(=O)(=O)n4cc5ccc(C(=N)N)cc5c4)CC3CC(=O)NCC(=O)O)sc2C1. The molecule has 1 fully saturated rings. The first-order valence-corrected chi connectivity index (χ1v) is 15.1. The van der Waals surface area contributed by atoms with E-state index in [0.717, 1.165) is 27.5 Å². The molecule has 3 aromatic rings. The predicted molar refractivity (Wildman–Crippen MR) is 151 cm³/mol. The normalized spacial score (nSPS) is 18.3. The molecule has 2 aliphatic rings. The zero-order chi connectivity index (χ0) is 29.5. The Morgan fingerprint density at radius 2 is 1.95 bits per heavy atom. The third-order valence-corrected chi connectivity index (χ3v) is 9.99. The summed E-state index contributed by atoms with van der Waals surface area (Å²) in [7, 11) is -2.10. The molecule has 0 spiro atoms. The fourth-order valence-corrected chi connectivity index (χ4v) is 7.60. The van der Waals surface area contributed by atoms with E-state index < -0.39 is 34.7 Å². The largest absolute Gasteiger partial charge is 0.480 e. The minimum atomic E-state index is -4.09. The molecule has 2 aromatic heterocycles. The Bertz CT molecular complexity index is 1650. The Morgan fingerprint density at radius 1 is 1.20 bits per heavy atom. The van der Waals surface area contributed by atoms with E-state index in [1.807, 2.05) is 7.05 Å². The summed E-state index contributed by atoms with van der Waals surface area (Å²) in [4.78, 5) is 46.3. The lowest BCUT2D eigenvalue weighted by Crippen LogP contribution is -2.58. The number of piperazine rings is 1. The van der Waals surface area contributed by atoms with Crippen LogP contribution in [0.25, 0.3) is 10.8 Å². The maximum absolute atomic E-state index is 13.7. The zero-order valence-electron chi connectivity index (χ0n) is 22.2. The van der Waals surface area contributed by atoms with E-state index in [1.54, 1.807) is 18.2 Å². The highest BCUT2D eigenvalue weighted by Gasteiger charge is 2.39. The first-order valence-electron chi connectivity index (χ1n) is 12.9. The number of nitrogen functional groups attached to an aromatic ring is 1. The molecule has 5 N–H and O–H groups in total. The molecule has 0 aliphatic carbocycles. The molecular formula is C25H30N8O6S2. The van der Waals surface area contributed by atoms with E-state index in [1.165, 1.54) is 32.9 Å². The fourth-order valence-electron chi connectivity index (χ4n) is 5.03. The minimum Gasteiger partial charge on any atom is -0.480 e. The van der Waals surface area contributed by atoms with Crippen LogP contribution in [0, 0.1) is 5.41 Å². The molecule has 1 aromatic carbocycles. The van der Waals surface area contributed by atoms with Crippen LogP contribution in [-0.4, -0.2) is 106 Å². The number of carboxylic acid groups (broad SMARTS) is 1. The minimum absolute atomic E-state index is 0.0115. The lowest BCUT2D eigenvalue weighted by molar-refractivity contribution is -0.138. The number of benzene rings is 1. The van der Waals surface area contributed by atoms with Crippen molar-refractivity contribution in [3.63, 3.8) is 0 Å². The van der Waals surface area contributed by atoms with E-state index in [2.05, 4.69) is 15.2 Å². The Hall–Kier alpha value is -3.86. The summed E-state index contributed by atoms with van der Waals surface area (Å²) >= 11 is 1.30. The molecule has 1 atom stereocenters. The van der Waals surface area contributed by atoms with Crippen LogP contribution in [0.5, 0.6) is 0 Å². The van der Waals surface area contributed by atoms with Gasteiger partial charge in [0.2, 0.25) is 5.91 Å². The molecule has 4 heterocycles. The number of nitrogens with two attached hydrogens (primary N) is 1. The van der Waals surface area contributed by atoms with E-state index in [4.69, 9.17) is 16.2 Å². The second-order valence-electron chi connectivity index (χ2n) is 10.1. The average Bonchev–Trinajstić information content (AvgIpc) is 3.55. The number of hydrogen-bond donors (Lipinski definition) is 4. The van der Waals surface area contributed by atoms with Crippen molar-refractivity contribution in [1.82, 2.24) is 28.4 Å². The van der Waals surface area contributed by atoms with Gasteiger partial charge in [-0.25, -0.2) is 8.96 Å². The molecule has 41 heavy (non-hydrogen) atoms. The Labute approximate surface area is 240 Å². The van der Waals surface area contributed by atoms with Crippen molar-refractivity contribution >= 4 is 55.9 Å². The highest BCUT2D eigenvalue weighted by molar-refractivity contribution is 7.87. The number of amidine groups is 1. The number of nitrogens with one attached hydrogen (secondary N) is 2. The van der Waals surface area contributed by atoms with Gasteiger partial charge in [0.15, 0.2) is 5.01 Å². The number of hydrogen-bond acceptors (Lipinski definition) is 9. The Kier molecular flexibility index (Phi) is 7.83. The maximum atomic E-state index is 13.7. The van der Waals surface area contributed by atoms with Gasteiger partial charge in [0.05, 0.1) is 11.7 Å². The van der Waals surface area contributed by atoms with Crippen molar-refractivity contribution in [3.8, 4) is 0 Å². The van der Waals surface area contributed by atoms with Crippen LogP contribution in [0.1, 0.15) is 32.4 Å². The second kappa shape index (κ2) is 11.2. The quantitative estimate of drug-likeness (QED) is 0.201. The number of likely N-dealkylation sites (N-methyl/N-ethyl adjacent to an activating group) is 1. The number of fused-ring (bicyclic) bond motifs is 2. The Balaban J connectivity index is 1.40. The first kappa shape index (κ1) is 28.7. The number of carboxylic acids is 1. The summed E-state index contributed by atoms with van der Waals surface area (Å²) in [6.07, 6.45) is 3.33. The third kappa shape index (κ3) is 5.95. The monoisotopic (exact) mass is 602 g/mol. The number of thiazole rings is 1. The summed E-state index contributed by atoms with van der Waals surface area (Å²) in [5, 5.41) is 20.4. The molecule has 2 amide bonds. The van der Waals surface area contributed by atoms with Crippen LogP contribution in [0.4, 0.5) is 0 Å². The number of rotatable bonds is 8. The second-order valence-corrected chi connectivity index (χ2v) is 13.0. The van der Waals surface area contributed by atoms with Gasteiger partial charge in [0.25, 0.3) is 5.91 Å². The van der Waals surface area contributed by atoms with Crippen molar-refractivity contribution in [1.29, 1.82) is 5.41 Å². The number of amides is 2. The number of aromatic nitrogens is 2. The van der Waals surface area contributed by atoms with Crippen molar-refractivity contribution in [2.24, 2.45) is 5.73 Å². The fraction of sp³-hybridized carbons (Fsp3) is 0.400. The number of aliphatic carboxylic acids is 1. The van der Waals surface area contributed by atoms with E-state index >= 15 is 0 Å². The smallest absolute Gasteiger partial charge is 0.322 e. The van der Waals surface area contributed by atoms with Gasteiger partial charge in [0, 0.05) is 79.2 Å². The molecule has 2 aliphatic heterocycles. The number of carbonyl (C=O) groups is 3. The topological polar surface area (TPSA) is 195 Å². The number of nitrogens with zero attached hydrogens (tertiary/aromatic N) is 5. The summed E-state index contributed by atoms with van der Waals surface area (Å²) in [6, 6.07) is 4.08. The summed E-state index contributed by atoms with van der Waals surface area (Å²) < 4.78 is 29.6. The van der Waals surface area contributed by atoms with Gasteiger partial charge >= 0.3 is 16.2 Å². The molecule has 16 heteroatoms. The maximum Gasteiger partial charge on any atom is 0.322 e. The van der Waals surface area contributed by atoms with E-state index in [-0.39, 0.29) is 42.8 Å². The summed E-state index contributed by atoms with van der Waals surface area (Å²) in [6.45, 7) is 0.767. The summed E-state index contributed by atoms with van der Waals surface area (Å²) in [5.74, 6) is -2.35. The van der Waals surface area contributed by atoms with Gasteiger partial charge in [-0.15, -0.1) is 11.3 Å². The van der Waals surface area contributed by atoms with Crippen molar-refractivity contribution in [2.45, 2.75) is 25.4 Å². The van der Waals surface area contributed by atoms with Gasteiger partial charge in [-0.2, -0.15) is 12.7 Å². The molecular weight excluding hydrogens is 572 g/mol. The van der Waals surface area contributed by atoms with E-state index in [9.17, 15) is 22.8 Å². The van der Waals surface area contributed by atoms with Crippen LogP contribution in [0.2, 0.25) is 0 Å². The van der Waals surface area contributed by atoms with Gasteiger partial charge in [-0.05, 0) is 13.1 Å². The predicted octanol–water partition coefficient (Wildman–Crippen LogP) is -0.120. The van der Waals surface area contributed by atoms with E-state index in [0.29, 0.717) is 22.9 Å². The molecule has 0 radical (unpaired) electrons. The first-order chi connectivity index (χ1) is 19.4. The molecule has 1 saturated heterocycles. The molecule has 1 unspecified atom stereocenters. The van der Waals surface area contributed by atoms with Crippen molar-refractivity contribution in [2.75, 3.05) is 39.8 Å². The van der Waals surface area contributed by atoms with Crippen molar-refractivity contribution < 1.29 is 27.9 Å². The average molecular weight is 603 g/mol. The molecule has 218 valence electrons. The molecule has 0 bridgehead atoms. The van der Waals surface area contributed by atoms with Crippen LogP contribution in [0.15, 0.2) is 30.6 Å². The lowest BCUT2D eigenvalue weighted by atomic mass is 10.1. The zero-order valence-corrected chi connectivity index (χ0v) is 23.9. The van der Waals surface area contributed by atoms with Gasteiger partial charge in [-0.3, -0.25) is 19.8 Å². The van der Waals surface area contributed by atoms with Crippen LogP contribution in [-0.2, 0) is 32.8 Å². The third-order valence-electron chi connectivity index (χ3n) is 7.19. The van der Waals surface area contributed by atoms with Gasteiger partial charge in [0.1, 0.15) is 12.4 Å². The van der Waals surface area contributed by atoms with Crippen LogP contribution in [0.3, 0.4) is 0 Å².